The van der Waals surface area contributed by atoms with Gasteiger partial charge >= 0.3 is 5.97 Å². The third-order valence-electron chi connectivity index (χ3n) is 5.73. The number of benzene rings is 1. The van der Waals surface area contributed by atoms with E-state index in [0.29, 0.717) is 24.4 Å². The van der Waals surface area contributed by atoms with Crippen LogP contribution in [0.15, 0.2) is 43.0 Å². The van der Waals surface area contributed by atoms with E-state index in [1.165, 1.54) is 0 Å². The number of hydrogen-bond acceptors (Lipinski definition) is 3. The summed E-state index contributed by atoms with van der Waals surface area (Å²) in [5.41, 5.74) is 1.64. The van der Waals surface area contributed by atoms with E-state index in [2.05, 4.69) is 4.98 Å². The molecule has 1 N–H and O–H groups in total. The Hall–Kier alpha value is -2.63. The molecule has 1 amide bonds. The Morgan fingerprint density at radius 3 is 2.62 bits per heavy atom. The average Bonchev–Trinajstić information content (AvgIpc) is 3.29. The van der Waals surface area contributed by atoms with Gasteiger partial charge in [0.05, 0.1) is 6.33 Å². The number of nitrogens with zero attached hydrogens (tertiary/aromatic N) is 3. The minimum atomic E-state index is -0.885. The number of likely N-dealkylation sites (tertiary alicyclic amines) is 1. The number of aliphatic carboxylic acids is 1. The van der Waals surface area contributed by atoms with Crippen LogP contribution in [0.3, 0.4) is 0 Å². The average molecular weight is 353 g/mol. The lowest BCUT2D eigenvalue weighted by atomic mass is 9.84. The van der Waals surface area contributed by atoms with Crippen molar-refractivity contribution in [2.45, 2.75) is 50.7 Å². The van der Waals surface area contributed by atoms with E-state index in [9.17, 15) is 14.7 Å². The third-order valence-corrected chi connectivity index (χ3v) is 5.73. The lowest BCUT2D eigenvalue weighted by Crippen LogP contribution is -2.46. The smallest absolute Gasteiger partial charge is 0.326 e. The van der Waals surface area contributed by atoms with Crippen LogP contribution in [0.1, 0.15) is 48.0 Å². The number of carboxylic acids is 1. The van der Waals surface area contributed by atoms with E-state index in [1.54, 1.807) is 17.4 Å². The molecule has 2 aliphatic rings. The van der Waals surface area contributed by atoms with Gasteiger partial charge in [-0.2, -0.15) is 0 Å². The molecule has 1 aromatic heterocycles. The first-order chi connectivity index (χ1) is 12.6. The zero-order valence-electron chi connectivity index (χ0n) is 14.6. The molecule has 26 heavy (non-hydrogen) atoms. The van der Waals surface area contributed by atoms with Gasteiger partial charge in [-0.25, -0.2) is 9.78 Å². The maximum Gasteiger partial charge on any atom is 0.326 e. The Balaban J connectivity index is 1.54. The van der Waals surface area contributed by atoms with Crippen LogP contribution in [-0.4, -0.2) is 43.5 Å². The number of carbonyl (C=O) groups excluding carboxylic acids is 1. The normalized spacial score (nSPS) is 25.1. The Morgan fingerprint density at radius 2 is 1.92 bits per heavy atom. The lowest BCUT2D eigenvalue weighted by Gasteiger charge is -2.33. The van der Waals surface area contributed by atoms with Gasteiger partial charge in [0.1, 0.15) is 6.04 Å². The molecule has 6 heteroatoms. The second-order valence-corrected chi connectivity index (χ2v) is 7.35. The summed E-state index contributed by atoms with van der Waals surface area (Å²) in [5, 5.41) is 9.61. The van der Waals surface area contributed by atoms with E-state index in [0.717, 1.165) is 31.2 Å². The van der Waals surface area contributed by atoms with Crippen LogP contribution >= 0.6 is 0 Å². The standard InChI is InChI=1S/C20H23N3O3/c24-19(15-7-5-14(6-8-15)12-22-10-9-21-13-22)23-17-4-2-1-3-16(17)11-18(23)20(25)26/h5-10,13,16-18H,1-4,11-12H2,(H,25,26). The number of rotatable bonds is 4. The van der Waals surface area contributed by atoms with E-state index in [4.69, 9.17) is 0 Å². The van der Waals surface area contributed by atoms with E-state index >= 15 is 0 Å². The maximum atomic E-state index is 13.1. The summed E-state index contributed by atoms with van der Waals surface area (Å²) in [6.45, 7) is 0.695. The number of aromatic nitrogens is 2. The lowest BCUT2D eigenvalue weighted by molar-refractivity contribution is -0.141. The quantitative estimate of drug-likeness (QED) is 0.917. The second-order valence-electron chi connectivity index (χ2n) is 7.35. The minimum Gasteiger partial charge on any atom is -0.480 e. The van der Waals surface area contributed by atoms with Crippen molar-refractivity contribution >= 4 is 11.9 Å². The highest BCUT2D eigenvalue weighted by Gasteiger charge is 2.47. The van der Waals surface area contributed by atoms with Crippen molar-refractivity contribution in [1.82, 2.24) is 14.5 Å². The molecule has 136 valence electrons. The molecular weight excluding hydrogens is 330 g/mol. The van der Waals surface area contributed by atoms with Crippen molar-refractivity contribution in [2.75, 3.05) is 0 Å². The van der Waals surface area contributed by atoms with Gasteiger partial charge in [-0.3, -0.25) is 4.79 Å². The predicted octanol–water partition coefficient (Wildman–Crippen LogP) is 2.79. The Kier molecular flexibility index (Phi) is 4.49. The van der Waals surface area contributed by atoms with Gasteiger partial charge in [-0.05, 0) is 42.9 Å². The van der Waals surface area contributed by atoms with Gasteiger partial charge < -0.3 is 14.6 Å². The first-order valence-electron chi connectivity index (χ1n) is 9.23. The third kappa shape index (κ3) is 3.11. The summed E-state index contributed by atoms with van der Waals surface area (Å²) >= 11 is 0. The van der Waals surface area contributed by atoms with Crippen molar-refractivity contribution in [1.29, 1.82) is 0 Å². The first kappa shape index (κ1) is 16.8. The maximum absolute atomic E-state index is 13.1. The SMILES string of the molecule is O=C(O)C1CC2CCCCC2N1C(=O)c1ccc(Cn2ccnc2)cc1. The minimum absolute atomic E-state index is 0.0722. The van der Waals surface area contributed by atoms with Crippen molar-refractivity contribution in [3.05, 3.63) is 54.1 Å². The molecule has 2 heterocycles. The highest BCUT2D eigenvalue weighted by atomic mass is 16.4. The summed E-state index contributed by atoms with van der Waals surface area (Å²) in [5.74, 6) is -0.709. The fraction of sp³-hybridized carbons (Fsp3) is 0.450. The van der Waals surface area contributed by atoms with Crippen LogP contribution in [0.25, 0.3) is 0 Å². The monoisotopic (exact) mass is 353 g/mol. The van der Waals surface area contributed by atoms with Crippen LogP contribution in [0.4, 0.5) is 0 Å². The molecule has 3 unspecified atom stereocenters. The molecular formula is C20H23N3O3. The highest BCUT2D eigenvalue weighted by molar-refractivity contribution is 5.97. The fourth-order valence-electron chi connectivity index (χ4n) is 4.47. The fourth-order valence-corrected chi connectivity index (χ4v) is 4.47. The van der Waals surface area contributed by atoms with Crippen LogP contribution in [0.5, 0.6) is 0 Å². The first-order valence-corrected chi connectivity index (χ1v) is 9.23. The molecule has 2 fully saturated rings. The zero-order valence-corrected chi connectivity index (χ0v) is 14.6. The second kappa shape index (κ2) is 6.94. The molecule has 1 saturated heterocycles. The molecule has 1 aliphatic carbocycles. The number of amides is 1. The van der Waals surface area contributed by atoms with Gasteiger partial charge in [-0.15, -0.1) is 0 Å². The van der Waals surface area contributed by atoms with E-state index in [-0.39, 0.29) is 11.9 Å². The van der Waals surface area contributed by atoms with Crippen LogP contribution < -0.4 is 0 Å². The van der Waals surface area contributed by atoms with Gasteiger partial charge in [0.15, 0.2) is 0 Å². The Bertz CT molecular complexity index is 785. The molecule has 1 saturated carbocycles. The summed E-state index contributed by atoms with van der Waals surface area (Å²) < 4.78 is 1.96. The molecule has 1 aromatic carbocycles. The molecule has 0 bridgehead atoms. The predicted molar refractivity (Wildman–Crippen MR) is 95.7 cm³/mol. The van der Waals surface area contributed by atoms with Crippen LogP contribution in [-0.2, 0) is 11.3 Å². The van der Waals surface area contributed by atoms with Gasteiger partial charge in [0.2, 0.25) is 0 Å². The molecule has 0 spiro atoms. The molecule has 4 rings (SSSR count). The van der Waals surface area contributed by atoms with Gasteiger partial charge in [0.25, 0.3) is 5.91 Å². The largest absolute Gasteiger partial charge is 0.480 e. The number of hydrogen-bond donors (Lipinski definition) is 1. The summed E-state index contributed by atoms with van der Waals surface area (Å²) in [6.07, 6.45) is 10.1. The number of imidazole rings is 1. The summed E-state index contributed by atoms with van der Waals surface area (Å²) in [7, 11) is 0. The van der Waals surface area contributed by atoms with Gasteiger partial charge in [-0.1, -0.05) is 25.0 Å². The van der Waals surface area contributed by atoms with Crippen LogP contribution in [0.2, 0.25) is 0 Å². The highest BCUT2D eigenvalue weighted by Crippen LogP contribution is 2.40. The molecule has 3 atom stereocenters. The molecule has 2 aromatic rings. The number of fused-ring (bicyclic) bond motifs is 1. The topological polar surface area (TPSA) is 75.4 Å². The Morgan fingerprint density at radius 1 is 1.15 bits per heavy atom. The molecule has 1 aliphatic heterocycles. The summed E-state index contributed by atoms with van der Waals surface area (Å²) in [4.78, 5) is 30.5. The number of carboxylic acid groups (broad SMARTS) is 1. The van der Waals surface area contributed by atoms with Crippen molar-refractivity contribution in [2.24, 2.45) is 5.92 Å². The number of carbonyl (C=O) groups is 2. The molecule has 0 radical (unpaired) electrons. The summed E-state index contributed by atoms with van der Waals surface area (Å²) in [6, 6.07) is 6.85. The Labute approximate surface area is 152 Å². The molecule has 6 nitrogen and oxygen atoms in total. The van der Waals surface area contributed by atoms with Crippen molar-refractivity contribution in [3.63, 3.8) is 0 Å². The zero-order chi connectivity index (χ0) is 18.1. The van der Waals surface area contributed by atoms with Crippen molar-refractivity contribution < 1.29 is 14.7 Å². The van der Waals surface area contributed by atoms with Crippen LogP contribution in [0, 0.1) is 5.92 Å². The van der Waals surface area contributed by atoms with E-state index < -0.39 is 12.0 Å². The van der Waals surface area contributed by atoms with Gasteiger partial charge in [0, 0.05) is 30.5 Å². The van der Waals surface area contributed by atoms with Crippen molar-refractivity contribution in [3.8, 4) is 0 Å². The van der Waals surface area contributed by atoms with E-state index in [1.807, 2.05) is 35.0 Å².